The van der Waals surface area contributed by atoms with E-state index in [4.69, 9.17) is 4.42 Å². The molecule has 3 aromatic heterocycles. The van der Waals surface area contributed by atoms with Crippen LogP contribution < -0.4 is 0 Å². The van der Waals surface area contributed by atoms with Gasteiger partial charge in [-0.2, -0.15) is 5.10 Å². The molecule has 5 heteroatoms. The quantitative estimate of drug-likeness (QED) is 0.474. The molecule has 0 aliphatic carbocycles. The summed E-state index contributed by atoms with van der Waals surface area (Å²) in [5, 5.41) is 9.65. The molecule has 0 bridgehead atoms. The molecular weight excluding hydrogens is 348 g/mol. The van der Waals surface area contributed by atoms with Gasteiger partial charge < -0.3 is 4.42 Å². The molecule has 0 amide bonds. The van der Waals surface area contributed by atoms with Crippen molar-refractivity contribution >= 4 is 21.9 Å². The molecule has 0 aliphatic rings. The van der Waals surface area contributed by atoms with E-state index in [1.165, 1.54) is 10.9 Å². The van der Waals surface area contributed by atoms with E-state index < -0.39 is 0 Å². The summed E-state index contributed by atoms with van der Waals surface area (Å²) in [6, 6.07) is 20.5. The number of nitrogens with one attached hydrogen (secondary N) is 1. The van der Waals surface area contributed by atoms with Gasteiger partial charge in [-0.25, -0.2) is 0 Å². The van der Waals surface area contributed by atoms with Crippen LogP contribution in [0.1, 0.15) is 11.1 Å². The summed E-state index contributed by atoms with van der Waals surface area (Å²) in [7, 11) is 2.12. The first-order chi connectivity index (χ1) is 13.8. The Morgan fingerprint density at radius 3 is 2.79 bits per heavy atom. The van der Waals surface area contributed by atoms with Gasteiger partial charge in [-0.05, 0) is 36.9 Å². The van der Waals surface area contributed by atoms with Gasteiger partial charge >= 0.3 is 0 Å². The van der Waals surface area contributed by atoms with Crippen molar-refractivity contribution in [2.24, 2.45) is 0 Å². The highest BCUT2D eigenvalue weighted by Crippen LogP contribution is 2.29. The number of H-pyrrole nitrogens is 1. The summed E-state index contributed by atoms with van der Waals surface area (Å²) in [5.41, 5.74) is 5.22. The van der Waals surface area contributed by atoms with Gasteiger partial charge in [-0.1, -0.05) is 36.4 Å². The van der Waals surface area contributed by atoms with Gasteiger partial charge in [0.1, 0.15) is 11.3 Å². The van der Waals surface area contributed by atoms with Crippen molar-refractivity contribution in [3.05, 3.63) is 84.2 Å². The Bertz CT molecular complexity index is 1220. The van der Waals surface area contributed by atoms with Crippen molar-refractivity contribution in [1.29, 1.82) is 0 Å². The molecule has 5 aromatic rings. The van der Waals surface area contributed by atoms with Gasteiger partial charge in [0, 0.05) is 35.6 Å². The first-order valence-electron chi connectivity index (χ1n) is 9.30. The minimum atomic E-state index is 0.763. The predicted molar refractivity (Wildman–Crippen MR) is 111 cm³/mol. The largest absolute Gasteiger partial charge is 0.454 e. The first-order valence-corrected chi connectivity index (χ1v) is 9.30. The van der Waals surface area contributed by atoms with E-state index in [0.29, 0.717) is 0 Å². The summed E-state index contributed by atoms with van der Waals surface area (Å²) in [6.07, 6.45) is 3.71. The van der Waals surface area contributed by atoms with Crippen LogP contribution in [0.5, 0.6) is 0 Å². The zero-order chi connectivity index (χ0) is 18.9. The van der Waals surface area contributed by atoms with Crippen LogP contribution in [-0.2, 0) is 13.1 Å². The van der Waals surface area contributed by atoms with Crippen LogP contribution in [0.25, 0.3) is 33.3 Å². The van der Waals surface area contributed by atoms with Crippen molar-refractivity contribution in [3.8, 4) is 11.5 Å². The Hall–Kier alpha value is -3.44. The van der Waals surface area contributed by atoms with Crippen LogP contribution in [0.3, 0.4) is 0 Å². The van der Waals surface area contributed by atoms with Gasteiger partial charge in [0.15, 0.2) is 5.76 Å². The lowest BCUT2D eigenvalue weighted by molar-refractivity contribution is 0.320. The summed E-state index contributed by atoms with van der Waals surface area (Å²) in [5.74, 6) is 0.816. The van der Waals surface area contributed by atoms with Crippen LogP contribution >= 0.6 is 0 Å². The van der Waals surface area contributed by atoms with Gasteiger partial charge in [0.2, 0.25) is 0 Å². The summed E-state index contributed by atoms with van der Waals surface area (Å²) < 4.78 is 6.01. The molecule has 0 saturated heterocycles. The molecule has 0 fully saturated rings. The first kappa shape index (κ1) is 16.7. The monoisotopic (exact) mass is 368 g/mol. The molecular formula is C23H20N4O. The Balaban J connectivity index is 1.40. The van der Waals surface area contributed by atoms with E-state index >= 15 is 0 Å². The van der Waals surface area contributed by atoms with E-state index in [1.54, 1.807) is 0 Å². The number of para-hydroxylation sites is 1. The number of hydrogen-bond acceptors (Lipinski definition) is 4. The van der Waals surface area contributed by atoms with Crippen LogP contribution in [0.15, 0.2) is 77.5 Å². The number of fused-ring (bicyclic) bond motifs is 2. The molecule has 28 heavy (non-hydrogen) atoms. The van der Waals surface area contributed by atoms with Crippen LogP contribution in [0.2, 0.25) is 0 Å². The Kier molecular flexibility index (Phi) is 4.14. The summed E-state index contributed by atoms with van der Waals surface area (Å²) in [6.45, 7) is 1.59. The Morgan fingerprint density at radius 1 is 0.964 bits per heavy atom. The standard InChI is InChI=1S/C23H20N4O/c1-27(14-17-7-4-9-20-19(17)8-5-11-24-20)15-18-13-25-26-23(18)22-12-16-6-2-3-10-21(16)28-22/h2-13H,14-15H2,1H3,(H,25,26). The van der Waals surface area contributed by atoms with E-state index in [1.807, 2.05) is 36.7 Å². The maximum atomic E-state index is 6.01. The number of furan rings is 1. The fourth-order valence-corrected chi connectivity index (χ4v) is 3.69. The summed E-state index contributed by atoms with van der Waals surface area (Å²) in [4.78, 5) is 6.73. The van der Waals surface area contributed by atoms with Gasteiger partial charge in [-0.15, -0.1) is 0 Å². The molecule has 5 nitrogen and oxygen atoms in total. The van der Waals surface area contributed by atoms with Crippen molar-refractivity contribution in [3.63, 3.8) is 0 Å². The molecule has 0 aliphatic heterocycles. The number of nitrogens with zero attached hydrogens (tertiary/aromatic N) is 3. The number of aromatic amines is 1. The van der Waals surface area contributed by atoms with E-state index in [9.17, 15) is 0 Å². The van der Waals surface area contributed by atoms with Gasteiger partial charge in [0.25, 0.3) is 0 Å². The fraction of sp³-hybridized carbons (Fsp3) is 0.130. The SMILES string of the molecule is CN(Cc1cn[nH]c1-c1cc2ccccc2o1)Cc1cccc2ncccc12. The topological polar surface area (TPSA) is 58.0 Å². The highest BCUT2D eigenvalue weighted by atomic mass is 16.3. The molecule has 0 spiro atoms. The Labute approximate surface area is 162 Å². The normalized spacial score (nSPS) is 11.6. The van der Waals surface area contributed by atoms with E-state index in [2.05, 4.69) is 63.5 Å². The van der Waals surface area contributed by atoms with Crippen LogP contribution in [-0.4, -0.2) is 27.1 Å². The second kappa shape index (κ2) is 6.94. The smallest absolute Gasteiger partial charge is 0.153 e. The van der Waals surface area contributed by atoms with Crippen LogP contribution in [0, 0.1) is 0 Å². The maximum absolute atomic E-state index is 6.01. The fourth-order valence-electron chi connectivity index (χ4n) is 3.69. The highest BCUT2D eigenvalue weighted by Gasteiger charge is 2.15. The van der Waals surface area contributed by atoms with Gasteiger partial charge in [0.05, 0.1) is 11.7 Å². The third-order valence-corrected chi connectivity index (χ3v) is 5.01. The van der Waals surface area contributed by atoms with Crippen molar-refractivity contribution in [2.45, 2.75) is 13.1 Å². The molecule has 138 valence electrons. The third-order valence-electron chi connectivity index (χ3n) is 5.01. The number of benzene rings is 2. The lowest BCUT2D eigenvalue weighted by Gasteiger charge is -2.17. The molecule has 0 unspecified atom stereocenters. The molecule has 0 atom stereocenters. The maximum Gasteiger partial charge on any atom is 0.153 e. The lowest BCUT2D eigenvalue weighted by Crippen LogP contribution is -2.17. The second-order valence-electron chi connectivity index (χ2n) is 7.08. The van der Waals surface area contributed by atoms with E-state index in [0.717, 1.165) is 46.6 Å². The molecule has 2 aromatic carbocycles. The van der Waals surface area contributed by atoms with Crippen LogP contribution in [0.4, 0.5) is 0 Å². The predicted octanol–water partition coefficient (Wildman–Crippen LogP) is 5.00. The van der Waals surface area contributed by atoms with Crippen molar-refractivity contribution < 1.29 is 4.42 Å². The number of pyridine rings is 1. The number of aromatic nitrogens is 3. The molecule has 0 saturated carbocycles. The van der Waals surface area contributed by atoms with Gasteiger partial charge in [-0.3, -0.25) is 15.0 Å². The average molecular weight is 368 g/mol. The number of rotatable bonds is 5. The summed E-state index contributed by atoms with van der Waals surface area (Å²) >= 11 is 0. The second-order valence-corrected chi connectivity index (χ2v) is 7.08. The molecule has 1 N–H and O–H groups in total. The molecule has 3 heterocycles. The van der Waals surface area contributed by atoms with Crippen molar-refractivity contribution in [2.75, 3.05) is 7.05 Å². The van der Waals surface area contributed by atoms with Crippen molar-refractivity contribution in [1.82, 2.24) is 20.1 Å². The van der Waals surface area contributed by atoms with E-state index in [-0.39, 0.29) is 0 Å². The zero-order valence-electron chi connectivity index (χ0n) is 15.6. The lowest BCUT2D eigenvalue weighted by atomic mass is 10.1. The number of hydrogen-bond donors (Lipinski definition) is 1. The average Bonchev–Trinajstić information content (AvgIpc) is 3.34. The minimum Gasteiger partial charge on any atom is -0.454 e. The molecule has 0 radical (unpaired) electrons. The Morgan fingerprint density at radius 2 is 1.86 bits per heavy atom. The zero-order valence-corrected chi connectivity index (χ0v) is 15.6. The highest BCUT2D eigenvalue weighted by molar-refractivity contribution is 5.83. The minimum absolute atomic E-state index is 0.763. The molecule has 5 rings (SSSR count). The third kappa shape index (κ3) is 3.06.